The third kappa shape index (κ3) is 3.41. The lowest BCUT2D eigenvalue weighted by molar-refractivity contribution is 0.562. The normalized spacial score (nSPS) is 12.3. The molecule has 2 aromatic carbocycles. The Morgan fingerprint density at radius 2 is 1.58 bits per heavy atom. The van der Waals surface area contributed by atoms with E-state index >= 15 is 0 Å². The van der Waals surface area contributed by atoms with E-state index in [4.69, 9.17) is 14.4 Å². The number of furan rings is 1. The van der Waals surface area contributed by atoms with Crippen LogP contribution in [0.3, 0.4) is 0 Å². The maximum absolute atomic E-state index is 6.48. The molecule has 4 aromatic heterocycles. The van der Waals surface area contributed by atoms with Gasteiger partial charge in [-0.15, -0.1) is 0 Å². The maximum Gasteiger partial charge on any atom is 0.227 e. The molecule has 5 nitrogen and oxygen atoms in total. The second kappa shape index (κ2) is 7.76. The van der Waals surface area contributed by atoms with Crippen LogP contribution in [0.5, 0.6) is 0 Å². The molecular weight excluding hydrogens is 444 g/mol. The van der Waals surface area contributed by atoms with Gasteiger partial charge in [-0.05, 0) is 63.1 Å². The van der Waals surface area contributed by atoms with Crippen LogP contribution < -0.4 is 0 Å². The quantitative estimate of drug-likeness (QED) is 0.256. The molecule has 0 atom stereocenters. The second-order valence-electron chi connectivity index (χ2n) is 10.9. The van der Waals surface area contributed by atoms with Gasteiger partial charge in [-0.25, -0.2) is 9.97 Å². The number of nitrogens with zero attached hydrogens (tertiary/aromatic N) is 4. The van der Waals surface area contributed by atoms with E-state index in [-0.39, 0.29) is 5.41 Å². The number of fused-ring (bicyclic) bond motifs is 4. The molecule has 5 heteroatoms. The fourth-order valence-electron chi connectivity index (χ4n) is 5.29. The van der Waals surface area contributed by atoms with Crippen LogP contribution in [0, 0.1) is 27.7 Å². The average Bonchev–Trinajstić information content (AvgIpc) is 3.36. The lowest BCUT2D eigenvalue weighted by Crippen LogP contribution is -2.12. The summed E-state index contributed by atoms with van der Waals surface area (Å²) in [5, 5.41) is 2.06. The SMILES string of the molecule is Cc1cc(C)c(-n2c(-c3cccc4c3oc3nc(C(C)(C)C)ccc34)nc3cnc(C)cc32)c(C)c1. The summed E-state index contributed by atoms with van der Waals surface area (Å²) in [5.74, 6) is 0.841. The molecule has 0 aliphatic heterocycles. The molecule has 0 saturated carbocycles. The lowest BCUT2D eigenvalue weighted by atomic mass is 9.91. The third-order valence-electron chi connectivity index (χ3n) is 6.91. The first kappa shape index (κ1) is 22.5. The van der Waals surface area contributed by atoms with Crippen LogP contribution in [-0.4, -0.2) is 19.5 Å². The highest BCUT2D eigenvalue weighted by molar-refractivity contribution is 6.08. The van der Waals surface area contributed by atoms with Crippen molar-refractivity contribution in [3.05, 3.63) is 82.8 Å². The van der Waals surface area contributed by atoms with Crippen LogP contribution in [0.25, 0.3) is 50.2 Å². The van der Waals surface area contributed by atoms with Gasteiger partial charge in [-0.2, -0.15) is 0 Å². The van der Waals surface area contributed by atoms with Crippen molar-refractivity contribution in [1.82, 2.24) is 19.5 Å². The van der Waals surface area contributed by atoms with Crippen LogP contribution in [0.1, 0.15) is 48.8 Å². The predicted octanol–water partition coefficient (Wildman–Crippen LogP) is 7.91. The summed E-state index contributed by atoms with van der Waals surface area (Å²) in [7, 11) is 0. The molecule has 0 bridgehead atoms. The van der Waals surface area contributed by atoms with Crippen molar-refractivity contribution in [2.75, 3.05) is 0 Å². The Morgan fingerprint density at radius 1 is 0.833 bits per heavy atom. The van der Waals surface area contributed by atoms with Crippen LogP contribution in [0.2, 0.25) is 0 Å². The summed E-state index contributed by atoms with van der Waals surface area (Å²) in [6, 6.07) is 17.1. The number of para-hydroxylation sites is 1. The van der Waals surface area contributed by atoms with Crippen molar-refractivity contribution in [3.8, 4) is 17.1 Å². The third-order valence-corrected chi connectivity index (χ3v) is 6.91. The van der Waals surface area contributed by atoms with Gasteiger partial charge in [0.25, 0.3) is 0 Å². The highest BCUT2D eigenvalue weighted by Crippen LogP contribution is 2.39. The second-order valence-corrected chi connectivity index (χ2v) is 10.9. The molecule has 0 unspecified atom stereocenters. The van der Waals surface area contributed by atoms with E-state index in [1.807, 2.05) is 13.1 Å². The van der Waals surface area contributed by atoms with Crippen molar-refractivity contribution in [2.24, 2.45) is 0 Å². The number of hydrogen-bond acceptors (Lipinski definition) is 4. The average molecular weight is 475 g/mol. The van der Waals surface area contributed by atoms with Gasteiger partial charge in [0.05, 0.1) is 23.0 Å². The Morgan fingerprint density at radius 3 is 2.31 bits per heavy atom. The van der Waals surface area contributed by atoms with Gasteiger partial charge in [-0.3, -0.25) is 9.55 Å². The molecule has 0 aliphatic carbocycles. The molecule has 36 heavy (non-hydrogen) atoms. The largest absolute Gasteiger partial charge is 0.437 e. The van der Waals surface area contributed by atoms with Crippen molar-refractivity contribution in [2.45, 2.75) is 53.9 Å². The molecule has 6 aromatic rings. The van der Waals surface area contributed by atoms with E-state index in [0.29, 0.717) is 5.71 Å². The van der Waals surface area contributed by atoms with Crippen molar-refractivity contribution >= 4 is 33.1 Å². The predicted molar refractivity (Wildman–Crippen MR) is 147 cm³/mol. The standard InChI is InChI=1S/C31H30N4O/c1-17-13-18(2)27(19(3)14-17)35-25-15-20(4)32-16-24(25)33-29(35)23-10-8-9-21-22-11-12-26(31(5,6)7)34-30(22)36-28(21)23/h8-16H,1-7H3. The fraction of sp³-hybridized carbons (Fsp3) is 0.258. The molecule has 6 rings (SSSR count). The van der Waals surface area contributed by atoms with Crippen molar-refractivity contribution in [3.63, 3.8) is 0 Å². The fourth-order valence-corrected chi connectivity index (χ4v) is 5.29. The van der Waals surface area contributed by atoms with E-state index in [1.54, 1.807) is 0 Å². The van der Waals surface area contributed by atoms with E-state index in [1.165, 1.54) is 16.7 Å². The Balaban J connectivity index is 1.71. The molecule has 0 aliphatic rings. The monoisotopic (exact) mass is 474 g/mol. The molecule has 0 spiro atoms. The Bertz CT molecular complexity index is 1790. The van der Waals surface area contributed by atoms with Gasteiger partial charge in [0.2, 0.25) is 5.71 Å². The van der Waals surface area contributed by atoms with Crippen LogP contribution in [-0.2, 0) is 5.41 Å². The highest BCUT2D eigenvalue weighted by Gasteiger charge is 2.23. The summed E-state index contributed by atoms with van der Waals surface area (Å²) in [6.45, 7) is 15.0. The van der Waals surface area contributed by atoms with Crippen LogP contribution in [0.4, 0.5) is 0 Å². The van der Waals surface area contributed by atoms with E-state index < -0.39 is 0 Å². The number of benzene rings is 2. The first-order valence-electron chi connectivity index (χ1n) is 12.4. The molecule has 0 radical (unpaired) electrons. The number of hydrogen-bond donors (Lipinski definition) is 0. The lowest BCUT2D eigenvalue weighted by Gasteiger charge is -2.16. The summed E-state index contributed by atoms with van der Waals surface area (Å²) in [5.41, 5.74) is 11.0. The molecule has 4 heterocycles. The van der Waals surface area contributed by atoms with Gasteiger partial charge in [0.15, 0.2) is 0 Å². The molecule has 0 fully saturated rings. The molecule has 0 saturated heterocycles. The Kier molecular flexibility index (Phi) is 4.84. The van der Waals surface area contributed by atoms with Crippen LogP contribution in [0.15, 0.2) is 59.1 Å². The highest BCUT2D eigenvalue weighted by atomic mass is 16.3. The minimum absolute atomic E-state index is 0.0602. The Labute approximate surface area is 210 Å². The number of imidazole rings is 1. The van der Waals surface area contributed by atoms with Gasteiger partial charge in [0, 0.05) is 27.6 Å². The van der Waals surface area contributed by atoms with Crippen molar-refractivity contribution < 1.29 is 4.42 Å². The van der Waals surface area contributed by atoms with E-state index in [0.717, 1.165) is 55.9 Å². The summed E-state index contributed by atoms with van der Waals surface area (Å²) >= 11 is 0. The van der Waals surface area contributed by atoms with E-state index in [2.05, 4.69) is 99.6 Å². The summed E-state index contributed by atoms with van der Waals surface area (Å²) < 4.78 is 8.75. The first-order valence-corrected chi connectivity index (χ1v) is 12.4. The number of rotatable bonds is 2. The maximum atomic E-state index is 6.48. The molecule has 0 amide bonds. The number of aromatic nitrogens is 4. The van der Waals surface area contributed by atoms with E-state index in [9.17, 15) is 0 Å². The van der Waals surface area contributed by atoms with Gasteiger partial charge >= 0.3 is 0 Å². The summed E-state index contributed by atoms with van der Waals surface area (Å²) in [4.78, 5) is 14.5. The van der Waals surface area contributed by atoms with Gasteiger partial charge in [-0.1, -0.05) is 50.6 Å². The first-order chi connectivity index (χ1) is 17.1. The summed E-state index contributed by atoms with van der Waals surface area (Å²) in [6.07, 6.45) is 1.86. The molecule has 0 N–H and O–H groups in total. The minimum Gasteiger partial charge on any atom is -0.437 e. The minimum atomic E-state index is -0.0602. The number of pyridine rings is 2. The van der Waals surface area contributed by atoms with Crippen molar-refractivity contribution in [1.29, 1.82) is 0 Å². The smallest absolute Gasteiger partial charge is 0.227 e. The van der Waals surface area contributed by atoms with Gasteiger partial charge < -0.3 is 4.42 Å². The molecular formula is C31H30N4O. The number of aryl methyl sites for hydroxylation is 4. The zero-order valence-electron chi connectivity index (χ0n) is 21.9. The zero-order valence-corrected chi connectivity index (χ0v) is 21.9. The van der Waals surface area contributed by atoms with Gasteiger partial charge in [0.1, 0.15) is 16.9 Å². The Hall–Kier alpha value is -3.99. The zero-order chi connectivity index (χ0) is 25.4. The topological polar surface area (TPSA) is 56.7 Å². The van der Waals surface area contributed by atoms with Crippen LogP contribution >= 0.6 is 0 Å². The molecule has 180 valence electrons.